The normalized spacial score (nSPS) is 22.6. The van der Waals surface area contributed by atoms with E-state index >= 15 is 0 Å². The first-order valence-corrected chi connectivity index (χ1v) is 21.7. The summed E-state index contributed by atoms with van der Waals surface area (Å²) in [5.41, 5.74) is 0.795. The van der Waals surface area contributed by atoms with Gasteiger partial charge in [-0.25, -0.2) is 0 Å². The first-order chi connectivity index (χ1) is 26.1. The van der Waals surface area contributed by atoms with E-state index in [-0.39, 0.29) is 13.0 Å². The van der Waals surface area contributed by atoms with Crippen LogP contribution >= 0.6 is 0 Å². The molecule has 1 aliphatic heterocycles. The summed E-state index contributed by atoms with van der Waals surface area (Å²) in [6, 6.07) is -1.07. The second-order valence-electron chi connectivity index (χ2n) is 15.6. The van der Waals surface area contributed by atoms with E-state index in [0.717, 1.165) is 44.1 Å². The highest BCUT2D eigenvalue weighted by atomic mass is 16.7. The number of carbonyl (C=O) groups excluding carboxylic acids is 1. The van der Waals surface area contributed by atoms with Crippen molar-refractivity contribution in [3.05, 3.63) is 24.3 Å². The Morgan fingerprint density at radius 1 is 0.704 bits per heavy atom. The molecule has 1 unspecified atom stereocenters. The molecule has 0 radical (unpaired) electrons. The average molecular weight is 772 g/mol. The lowest BCUT2D eigenvalue weighted by Crippen LogP contribution is -2.60. The Labute approximate surface area is 327 Å². The number of allylic oxidation sites excluding steroid dienone is 1. The van der Waals surface area contributed by atoms with Crippen LogP contribution < -0.4 is 5.32 Å². The highest BCUT2D eigenvalue weighted by Crippen LogP contribution is 2.23. The van der Waals surface area contributed by atoms with Crippen molar-refractivity contribution in [3.8, 4) is 0 Å². The Morgan fingerprint density at radius 3 is 1.72 bits per heavy atom. The maximum Gasteiger partial charge on any atom is 0.249 e. The molecule has 0 aromatic rings. The zero-order chi connectivity index (χ0) is 40.0. The number of amides is 1. The topological polar surface area (TPSA) is 189 Å². The second kappa shape index (κ2) is 32.7. The van der Waals surface area contributed by atoms with Crippen molar-refractivity contribution in [2.75, 3.05) is 13.2 Å². The maximum absolute atomic E-state index is 13.0. The van der Waals surface area contributed by atoms with Gasteiger partial charge in [0.15, 0.2) is 6.29 Å². The number of aliphatic hydroxyl groups is 7. The van der Waals surface area contributed by atoms with Gasteiger partial charge in [0.1, 0.15) is 30.5 Å². The van der Waals surface area contributed by atoms with Crippen LogP contribution in [0.15, 0.2) is 24.3 Å². The number of nitrogens with one attached hydrogen (secondary N) is 1. The highest BCUT2D eigenvalue weighted by molar-refractivity contribution is 5.80. The molecule has 9 atom stereocenters. The Balaban J connectivity index is 2.56. The first-order valence-electron chi connectivity index (χ1n) is 21.7. The quantitative estimate of drug-likeness (QED) is 0.0269. The summed E-state index contributed by atoms with van der Waals surface area (Å²) in [7, 11) is 0. The minimum atomic E-state index is -1.65. The number of carbonyl (C=O) groups is 1. The Morgan fingerprint density at radius 2 is 1.20 bits per heavy atom. The third-order valence-corrected chi connectivity index (χ3v) is 10.7. The van der Waals surface area contributed by atoms with E-state index in [1.54, 1.807) is 6.08 Å². The Bertz CT molecular complexity index is 949. The first kappa shape index (κ1) is 50.6. The van der Waals surface area contributed by atoms with Crippen LogP contribution in [-0.4, -0.2) is 110 Å². The van der Waals surface area contributed by atoms with Gasteiger partial charge in [-0.2, -0.15) is 0 Å². The van der Waals surface area contributed by atoms with Gasteiger partial charge < -0.3 is 50.5 Å². The van der Waals surface area contributed by atoms with Gasteiger partial charge in [-0.1, -0.05) is 161 Å². The molecule has 11 nitrogen and oxygen atoms in total. The van der Waals surface area contributed by atoms with Crippen LogP contribution in [0.5, 0.6) is 0 Å². The van der Waals surface area contributed by atoms with Crippen molar-refractivity contribution in [2.24, 2.45) is 0 Å². The molecule has 0 spiro atoms. The van der Waals surface area contributed by atoms with E-state index in [2.05, 4.69) is 25.7 Å². The van der Waals surface area contributed by atoms with Gasteiger partial charge in [0, 0.05) is 0 Å². The molecule has 318 valence electrons. The van der Waals surface area contributed by atoms with E-state index in [1.165, 1.54) is 102 Å². The zero-order valence-electron chi connectivity index (χ0n) is 34.0. The maximum atomic E-state index is 13.0. The number of rotatable bonds is 35. The summed E-state index contributed by atoms with van der Waals surface area (Å²) in [6.07, 6.45) is 19.6. The van der Waals surface area contributed by atoms with Crippen LogP contribution in [0.4, 0.5) is 0 Å². The third-order valence-electron chi connectivity index (χ3n) is 10.7. The molecule has 0 aromatic heterocycles. The van der Waals surface area contributed by atoms with Gasteiger partial charge in [0.2, 0.25) is 5.91 Å². The molecule has 1 rings (SSSR count). The predicted molar refractivity (Wildman–Crippen MR) is 215 cm³/mol. The highest BCUT2D eigenvalue weighted by Gasteiger charge is 2.44. The second-order valence-corrected chi connectivity index (χ2v) is 15.6. The molecular formula is C43H81NO10. The molecule has 1 saturated heterocycles. The largest absolute Gasteiger partial charge is 0.394 e. The molecule has 54 heavy (non-hydrogen) atoms. The fourth-order valence-corrected chi connectivity index (χ4v) is 6.88. The molecule has 8 N–H and O–H groups in total. The lowest BCUT2D eigenvalue weighted by molar-refractivity contribution is -0.302. The summed E-state index contributed by atoms with van der Waals surface area (Å²) in [5, 5.41) is 75.1. The van der Waals surface area contributed by atoms with Crippen LogP contribution in [-0.2, 0) is 14.3 Å². The number of aliphatic hydroxyl groups excluding tert-OH is 7. The van der Waals surface area contributed by atoms with Gasteiger partial charge in [0.25, 0.3) is 0 Å². The Hall–Kier alpha value is -1.41. The number of ether oxygens (including phenoxy) is 2. The van der Waals surface area contributed by atoms with Crippen LogP contribution in [0.3, 0.4) is 0 Å². The lowest BCUT2D eigenvalue weighted by Gasteiger charge is -2.40. The van der Waals surface area contributed by atoms with Gasteiger partial charge in [-0.15, -0.1) is 0 Å². The number of hydrogen-bond donors (Lipinski definition) is 8. The summed E-state index contributed by atoms with van der Waals surface area (Å²) in [4.78, 5) is 13.0. The third kappa shape index (κ3) is 23.0. The Kier molecular flexibility index (Phi) is 30.6. The summed E-state index contributed by atoms with van der Waals surface area (Å²) >= 11 is 0. The van der Waals surface area contributed by atoms with Crippen molar-refractivity contribution in [1.29, 1.82) is 0 Å². The molecule has 0 saturated carbocycles. The van der Waals surface area contributed by atoms with E-state index in [1.807, 2.05) is 0 Å². The minimum absolute atomic E-state index is 0.275. The smallest absolute Gasteiger partial charge is 0.249 e. The van der Waals surface area contributed by atoms with Gasteiger partial charge in [0.05, 0.1) is 31.5 Å². The fraction of sp³-hybridized carbons (Fsp3) is 0.884. The molecule has 1 heterocycles. The monoisotopic (exact) mass is 772 g/mol. The predicted octanol–water partition coefficient (Wildman–Crippen LogP) is 6.28. The summed E-state index contributed by atoms with van der Waals surface area (Å²) in [5.74, 6) is -0.670. The average Bonchev–Trinajstić information content (AvgIpc) is 3.17. The minimum Gasteiger partial charge on any atom is -0.394 e. The van der Waals surface area contributed by atoms with Crippen LogP contribution in [0, 0.1) is 0 Å². The number of unbranched alkanes of at least 4 members (excludes halogenated alkanes) is 19. The van der Waals surface area contributed by atoms with Crippen molar-refractivity contribution < 1.29 is 50.0 Å². The molecule has 1 fully saturated rings. The SMILES string of the molecule is C=C(CCCCCCCCC)C(O)CC/C=C/[C@@H](O)[C@H](CO[C@@H]1O[C@H](CO)[C@@H](O)[C@H](O)[C@H]1O)NC(=O)[C@H](O)CCCCCCCCCCCCCCCC. The molecule has 11 heteroatoms. The molecular weight excluding hydrogens is 690 g/mol. The molecule has 1 aliphatic rings. The van der Waals surface area contributed by atoms with Gasteiger partial charge in [-0.3, -0.25) is 4.79 Å². The molecule has 0 bridgehead atoms. The van der Waals surface area contributed by atoms with E-state index < -0.39 is 67.6 Å². The van der Waals surface area contributed by atoms with E-state index in [9.17, 15) is 40.5 Å². The molecule has 0 aromatic carbocycles. The van der Waals surface area contributed by atoms with Gasteiger partial charge >= 0.3 is 0 Å². The summed E-state index contributed by atoms with van der Waals surface area (Å²) < 4.78 is 11.1. The zero-order valence-corrected chi connectivity index (χ0v) is 34.0. The fourth-order valence-electron chi connectivity index (χ4n) is 6.88. The van der Waals surface area contributed by atoms with Crippen molar-refractivity contribution in [3.63, 3.8) is 0 Å². The van der Waals surface area contributed by atoms with Crippen LogP contribution in [0.2, 0.25) is 0 Å². The van der Waals surface area contributed by atoms with Gasteiger partial charge in [-0.05, 0) is 37.7 Å². The van der Waals surface area contributed by atoms with Crippen LogP contribution in [0.25, 0.3) is 0 Å². The van der Waals surface area contributed by atoms with E-state index in [0.29, 0.717) is 19.3 Å². The van der Waals surface area contributed by atoms with Crippen molar-refractivity contribution in [1.82, 2.24) is 5.32 Å². The van der Waals surface area contributed by atoms with E-state index in [4.69, 9.17) is 9.47 Å². The molecule has 1 amide bonds. The number of hydrogen-bond acceptors (Lipinski definition) is 10. The molecule has 0 aliphatic carbocycles. The van der Waals surface area contributed by atoms with Crippen molar-refractivity contribution in [2.45, 2.75) is 229 Å². The van der Waals surface area contributed by atoms with Crippen molar-refractivity contribution >= 4 is 5.91 Å². The summed E-state index contributed by atoms with van der Waals surface area (Å²) in [6.45, 7) is 7.50. The lowest BCUT2D eigenvalue weighted by atomic mass is 9.99. The van der Waals surface area contributed by atoms with Crippen LogP contribution in [0.1, 0.15) is 174 Å². The standard InChI is InChI=1S/C43H81NO10/c1-4-6-8-10-12-13-14-15-16-17-18-20-22-24-30-37(48)42(52)44-34(32-53-43-41(51)40(50)39(49)38(31-45)54-43)36(47)29-26-25-28-35(46)33(3)27-23-21-19-11-9-7-5-2/h26,29,34-41,43,45-51H,3-25,27-28,30-32H2,1-2H3,(H,44,52)/b29-26+/t34-,35?,36+,37+,38+,39+,40-,41+,43+/m0/s1.